The van der Waals surface area contributed by atoms with Crippen LogP contribution in [0, 0.1) is 0 Å². The van der Waals surface area contributed by atoms with E-state index in [1.165, 1.54) is 11.3 Å². The van der Waals surface area contributed by atoms with Crippen molar-refractivity contribution in [2.24, 2.45) is 0 Å². The van der Waals surface area contributed by atoms with E-state index in [-0.39, 0.29) is 15.1 Å². The van der Waals surface area contributed by atoms with Gasteiger partial charge in [-0.05, 0) is 0 Å². The van der Waals surface area contributed by atoms with Crippen LogP contribution in [0.5, 0.6) is 0 Å². The van der Waals surface area contributed by atoms with Gasteiger partial charge in [0.25, 0.3) is 0 Å². The third kappa shape index (κ3) is 1.44. The molecule has 14 heavy (non-hydrogen) atoms. The molecule has 1 aromatic heterocycles. The highest BCUT2D eigenvalue weighted by Crippen LogP contribution is 2.45. The minimum atomic E-state index is 0.205. The van der Waals surface area contributed by atoms with Crippen molar-refractivity contribution in [3.05, 3.63) is 20.1 Å². The summed E-state index contributed by atoms with van der Waals surface area (Å²) >= 11 is 24.8. The predicted octanol–water partition coefficient (Wildman–Crippen LogP) is 4.49. The summed E-state index contributed by atoms with van der Waals surface area (Å²) in [5, 5.41) is 1.43. The van der Waals surface area contributed by atoms with Crippen LogP contribution in [0.3, 0.4) is 0 Å². The molecule has 7 heteroatoms. The Morgan fingerprint density at radius 2 is 1.50 bits per heavy atom. The molecule has 0 aliphatic carbocycles. The smallest absolute Gasteiger partial charge is 0.181 e. The van der Waals surface area contributed by atoms with E-state index in [9.17, 15) is 0 Å². The van der Waals surface area contributed by atoms with Gasteiger partial charge in [-0.2, -0.15) is 0 Å². The molecular formula is C7H2Cl4N2S. The van der Waals surface area contributed by atoms with Gasteiger partial charge in [-0.25, -0.2) is 4.98 Å². The molecule has 2 rings (SSSR count). The summed E-state index contributed by atoms with van der Waals surface area (Å²) in [6.07, 6.45) is 0. The minimum absolute atomic E-state index is 0.205. The van der Waals surface area contributed by atoms with Crippen LogP contribution in [0.1, 0.15) is 0 Å². The van der Waals surface area contributed by atoms with Crippen LogP contribution >= 0.6 is 57.7 Å². The van der Waals surface area contributed by atoms with Crippen molar-refractivity contribution in [2.75, 3.05) is 5.73 Å². The van der Waals surface area contributed by atoms with Gasteiger partial charge in [-0.1, -0.05) is 57.7 Å². The maximum Gasteiger partial charge on any atom is 0.181 e. The summed E-state index contributed by atoms with van der Waals surface area (Å²) in [6.45, 7) is 0. The summed E-state index contributed by atoms with van der Waals surface area (Å²) in [5.41, 5.74) is 6.03. The Morgan fingerprint density at radius 1 is 0.929 bits per heavy atom. The maximum atomic E-state index is 5.96. The Hall–Kier alpha value is 0.0700. The molecule has 0 bridgehead atoms. The first-order valence-corrected chi connectivity index (χ1v) is 5.73. The van der Waals surface area contributed by atoms with Crippen molar-refractivity contribution in [1.82, 2.24) is 4.98 Å². The third-order valence-electron chi connectivity index (χ3n) is 1.63. The molecular weight excluding hydrogens is 286 g/mol. The fourth-order valence-corrected chi connectivity index (χ4v) is 2.93. The van der Waals surface area contributed by atoms with E-state index in [1.54, 1.807) is 0 Å². The van der Waals surface area contributed by atoms with Gasteiger partial charge in [0.15, 0.2) is 5.13 Å². The zero-order valence-electron chi connectivity index (χ0n) is 6.44. The SMILES string of the molecule is Nc1nc2c(Cl)c(Cl)c(Cl)c(Cl)c2s1. The largest absolute Gasteiger partial charge is 0.375 e. The lowest BCUT2D eigenvalue weighted by atomic mass is 10.3. The second-order valence-corrected chi connectivity index (χ2v) is 5.03. The Balaban J connectivity index is 3.01. The highest BCUT2D eigenvalue weighted by atomic mass is 35.5. The third-order valence-corrected chi connectivity index (χ3v) is 4.44. The zero-order valence-corrected chi connectivity index (χ0v) is 10.3. The van der Waals surface area contributed by atoms with Crippen LogP contribution in [0.2, 0.25) is 20.1 Å². The molecule has 1 aromatic carbocycles. The quantitative estimate of drug-likeness (QED) is 0.573. The van der Waals surface area contributed by atoms with E-state index >= 15 is 0 Å². The fourth-order valence-electron chi connectivity index (χ4n) is 1.03. The number of nitrogens with zero attached hydrogens (tertiary/aromatic N) is 1. The average Bonchev–Trinajstić information content (AvgIpc) is 2.54. The normalized spacial score (nSPS) is 11.1. The maximum absolute atomic E-state index is 5.96. The molecule has 2 N–H and O–H groups in total. The van der Waals surface area contributed by atoms with Gasteiger partial charge >= 0.3 is 0 Å². The summed E-state index contributed by atoms with van der Waals surface area (Å²) in [4.78, 5) is 4.01. The van der Waals surface area contributed by atoms with Gasteiger partial charge in [0.2, 0.25) is 0 Å². The van der Waals surface area contributed by atoms with Gasteiger partial charge in [0, 0.05) is 0 Å². The first-order valence-electron chi connectivity index (χ1n) is 3.40. The molecule has 1 heterocycles. The number of hydrogen-bond acceptors (Lipinski definition) is 3. The number of thiazole rings is 1. The molecule has 2 aromatic rings. The fraction of sp³-hybridized carbons (Fsp3) is 0. The molecule has 0 spiro atoms. The van der Waals surface area contributed by atoms with Crippen LogP contribution in [-0.2, 0) is 0 Å². The topological polar surface area (TPSA) is 38.9 Å². The van der Waals surface area contributed by atoms with E-state index in [0.29, 0.717) is 20.4 Å². The lowest BCUT2D eigenvalue weighted by Gasteiger charge is -2.02. The van der Waals surface area contributed by atoms with Gasteiger partial charge in [0.1, 0.15) is 5.52 Å². The van der Waals surface area contributed by atoms with Crippen LogP contribution in [0.4, 0.5) is 5.13 Å². The summed E-state index contributed by atoms with van der Waals surface area (Å²) < 4.78 is 0.656. The number of hydrogen-bond donors (Lipinski definition) is 1. The lowest BCUT2D eigenvalue weighted by molar-refractivity contribution is 1.50. The molecule has 0 saturated carbocycles. The Morgan fingerprint density at radius 3 is 2.14 bits per heavy atom. The van der Waals surface area contributed by atoms with Gasteiger partial charge in [0.05, 0.1) is 24.8 Å². The molecule has 0 amide bonds. The monoisotopic (exact) mass is 286 g/mol. The first kappa shape index (κ1) is 10.6. The number of nitrogen functional groups attached to an aromatic ring is 1. The summed E-state index contributed by atoms with van der Waals surface area (Å²) in [6, 6.07) is 0. The second-order valence-electron chi connectivity index (χ2n) is 2.49. The number of nitrogens with two attached hydrogens (primary N) is 1. The molecule has 0 saturated heterocycles. The summed E-state index contributed by atoms with van der Waals surface area (Å²) in [5.74, 6) is 0. The van der Waals surface area contributed by atoms with Crippen LogP contribution < -0.4 is 5.73 Å². The highest BCUT2D eigenvalue weighted by molar-refractivity contribution is 7.22. The zero-order chi connectivity index (χ0) is 10.5. The minimum Gasteiger partial charge on any atom is -0.375 e. The van der Waals surface area contributed by atoms with Crippen LogP contribution in [0.25, 0.3) is 10.2 Å². The van der Waals surface area contributed by atoms with Crippen molar-refractivity contribution in [3.63, 3.8) is 0 Å². The molecule has 0 radical (unpaired) electrons. The molecule has 0 fully saturated rings. The first-order chi connectivity index (χ1) is 6.52. The van der Waals surface area contributed by atoms with Gasteiger partial charge in [-0.3, -0.25) is 0 Å². The number of aromatic nitrogens is 1. The number of benzene rings is 1. The molecule has 0 atom stereocenters. The lowest BCUT2D eigenvalue weighted by Crippen LogP contribution is -1.81. The van der Waals surface area contributed by atoms with Crippen LogP contribution in [-0.4, -0.2) is 4.98 Å². The Kier molecular flexibility index (Phi) is 2.70. The van der Waals surface area contributed by atoms with Crippen LogP contribution in [0.15, 0.2) is 0 Å². The molecule has 0 aliphatic rings. The number of anilines is 1. The molecule has 0 aliphatic heterocycles. The van der Waals surface area contributed by atoms with Crippen molar-refractivity contribution in [1.29, 1.82) is 0 Å². The van der Waals surface area contributed by atoms with E-state index in [1.807, 2.05) is 0 Å². The standard InChI is InChI=1S/C7H2Cl4N2S/c8-1-2(9)4(11)6-5(3(1)10)13-7(12)14-6/h(H2,12,13). The van der Waals surface area contributed by atoms with Crippen molar-refractivity contribution >= 4 is 73.1 Å². The second kappa shape index (κ2) is 3.58. The number of halogens is 4. The van der Waals surface area contributed by atoms with E-state index < -0.39 is 0 Å². The highest BCUT2D eigenvalue weighted by Gasteiger charge is 2.17. The van der Waals surface area contributed by atoms with Crippen molar-refractivity contribution < 1.29 is 0 Å². The Labute approximate surface area is 104 Å². The Bertz CT molecular complexity index is 477. The van der Waals surface area contributed by atoms with Crippen molar-refractivity contribution in [3.8, 4) is 0 Å². The number of rotatable bonds is 0. The summed E-state index contributed by atoms with van der Waals surface area (Å²) in [7, 11) is 0. The number of fused-ring (bicyclic) bond motifs is 1. The van der Waals surface area contributed by atoms with E-state index in [0.717, 1.165) is 0 Å². The van der Waals surface area contributed by atoms with E-state index in [4.69, 9.17) is 52.1 Å². The predicted molar refractivity (Wildman–Crippen MR) is 64.1 cm³/mol. The van der Waals surface area contributed by atoms with E-state index in [2.05, 4.69) is 4.98 Å². The molecule has 0 unspecified atom stereocenters. The average molecular weight is 288 g/mol. The van der Waals surface area contributed by atoms with Gasteiger partial charge in [-0.15, -0.1) is 0 Å². The molecule has 2 nitrogen and oxygen atoms in total. The van der Waals surface area contributed by atoms with Crippen molar-refractivity contribution in [2.45, 2.75) is 0 Å². The van der Waals surface area contributed by atoms with Gasteiger partial charge < -0.3 is 5.73 Å². The molecule has 74 valence electrons.